The SMILES string of the molecule is Cc1ccc(-n2c(C)cc(C=C3SC(=N)C(c4nccs4)C3=O)c2C)cc1Cl. The van der Waals surface area contributed by atoms with E-state index in [0.717, 1.165) is 33.2 Å². The third kappa shape index (κ3) is 3.26. The number of allylic oxidation sites excluding steroid dienone is 1. The van der Waals surface area contributed by atoms with E-state index in [-0.39, 0.29) is 5.78 Å². The normalized spacial score (nSPS) is 18.4. The first-order chi connectivity index (χ1) is 13.4. The fraction of sp³-hybridized carbons (Fsp3) is 0.190. The molecule has 28 heavy (non-hydrogen) atoms. The fourth-order valence-corrected chi connectivity index (χ4v) is 5.36. The van der Waals surface area contributed by atoms with Gasteiger partial charge in [0.1, 0.15) is 10.9 Å². The van der Waals surface area contributed by atoms with Crippen LogP contribution in [-0.4, -0.2) is 20.4 Å². The van der Waals surface area contributed by atoms with Crippen LogP contribution in [0.4, 0.5) is 0 Å². The lowest BCUT2D eigenvalue weighted by Crippen LogP contribution is -2.11. The van der Waals surface area contributed by atoms with E-state index in [0.29, 0.717) is 15.0 Å². The smallest absolute Gasteiger partial charge is 0.186 e. The molecule has 1 atom stereocenters. The molecule has 3 heterocycles. The predicted octanol–water partition coefficient (Wildman–Crippen LogP) is 5.93. The number of carbonyl (C=O) groups is 1. The number of carbonyl (C=O) groups excluding carboxylic acids is 1. The van der Waals surface area contributed by atoms with E-state index in [1.54, 1.807) is 6.20 Å². The van der Waals surface area contributed by atoms with Crippen molar-refractivity contribution >= 4 is 51.6 Å². The predicted molar refractivity (Wildman–Crippen MR) is 118 cm³/mol. The lowest BCUT2D eigenvalue weighted by atomic mass is 10.1. The molecule has 1 aliphatic heterocycles. The number of aromatic nitrogens is 2. The maximum Gasteiger partial charge on any atom is 0.186 e. The molecule has 1 N–H and O–H groups in total. The maximum absolute atomic E-state index is 12.9. The van der Waals surface area contributed by atoms with Gasteiger partial charge in [-0.25, -0.2) is 4.98 Å². The van der Waals surface area contributed by atoms with Crippen molar-refractivity contribution in [1.29, 1.82) is 5.41 Å². The van der Waals surface area contributed by atoms with E-state index < -0.39 is 5.92 Å². The van der Waals surface area contributed by atoms with Gasteiger partial charge in [0.2, 0.25) is 0 Å². The Bertz CT molecular complexity index is 1130. The van der Waals surface area contributed by atoms with Crippen LogP contribution in [0, 0.1) is 26.2 Å². The second kappa shape index (κ2) is 7.35. The molecular weight excluding hydrogens is 410 g/mol. The lowest BCUT2D eigenvalue weighted by Gasteiger charge is -2.11. The van der Waals surface area contributed by atoms with Crippen molar-refractivity contribution in [3.8, 4) is 5.69 Å². The molecule has 3 aromatic rings. The molecule has 1 fully saturated rings. The van der Waals surface area contributed by atoms with Crippen LogP contribution >= 0.6 is 34.7 Å². The largest absolute Gasteiger partial charge is 0.318 e. The molecule has 1 aliphatic rings. The number of hydrogen-bond acceptors (Lipinski definition) is 5. The van der Waals surface area contributed by atoms with E-state index in [9.17, 15) is 4.79 Å². The number of thiazole rings is 1. The number of benzene rings is 1. The molecule has 0 aliphatic carbocycles. The van der Waals surface area contributed by atoms with Gasteiger partial charge in [-0.2, -0.15) is 0 Å². The number of rotatable bonds is 3. The van der Waals surface area contributed by atoms with Crippen molar-refractivity contribution in [2.45, 2.75) is 26.7 Å². The summed E-state index contributed by atoms with van der Waals surface area (Å²) in [5.74, 6) is -0.608. The maximum atomic E-state index is 12.9. The number of Topliss-reactive ketones (excluding diaryl/α,β-unsaturated/α-hetero) is 1. The molecule has 0 spiro atoms. The van der Waals surface area contributed by atoms with Crippen LogP contribution < -0.4 is 0 Å². The fourth-order valence-electron chi connectivity index (χ4n) is 3.38. The molecule has 0 bridgehead atoms. The summed E-state index contributed by atoms with van der Waals surface area (Å²) >= 11 is 8.96. The standard InChI is InChI=1S/C21H18ClN3OS2/c1-11-4-5-15(10-16(11)22)25-12(2)8-14(13(25)3)9-17-19(26)18(20(23)28-17)21-24-6-7-27-21/h4-10,18,23H,1-3H3. The molecule has 1 saturated heterocycles. The van der Waals surface area contributed by atoms with Gasteiger partial charge in [0.15, 0.2) is 5.78 Å². The first-order valence-electron chi connectivity index (χ1n) is 8.74. The topological polar surface area (TPSA) is 58.7 Å². The van der Waals surface area contributed by atoms with Crippen LogP contribution in [0.3, 0.4) is 0 Å². The van der Waals surface area contributed by atoms with Crippen molar-refractivity contribution in [3.63, 3.8) is 0 Å². The molecular formula is C21H18ClN3OS2. The summed E-state index contributed by atoms with van der Waals surface area (Å²) < 4.78 is 2.13. The molecule has 142 valence electrons. The molecule has 0 radical (unpaired) electrons. The number of hydrogen-bond donors (Lipinski definition) is 1. The molecule has 0 amide bonds. The van der Waals surface area contributed by atoms with Gasteiger partial charge >= 0.3 is 0 Å². The summed E-state index contributed by atoms with van der Waals surface area (Å²) in [5, 5.41) is 11.8. The summed E-state index contributed by atoms with van der Waals surface area (Å²) in [6.45, 7) is 6.04. The summed E-state index contributed by atoms with van der Waals surface area (Å²) in [7, 11) is 0. The molecule has 4 rings (SSSR count). The Morgan fingerprint density at radius 2 is 2.04 bits per heavy atom. The highest BCUT2D eigenvalue weighted by molar-refractivity contribution is 8.19. The number of halogens is 1. The Labute approximate surface area is 176 Å². The number of nitrogens with zero attached hydrogens (tertiary/aromatic N) is 2. The Balaban J connectivity index is 1.72. The van der Waals surface area contributed by atoms with Gasteiger partial charge in [-0.3, -0.25) is 10.2 Å². The Hall–Kier alpha value is -2.15. The van der Waals surface area contributed by atoms with Gasteiger partial charge in [-0.05, 0) is 56.2 Å². The van der Waals surface area contributed by atoms with Gasteiger partial charge in [0, 0.05) is 33.7 Å². The van der Waals surface area contributed by atoms with Crippen LogP contribution in [0.2, 0.25) is 5.02 Å². The summed E-state index contributed by atoms with van der Waals surface area (Å²) in [6, 6.07) is 8.06. The molecule has 0 saturated carbocycles. The van der Waals surface area contributed by atoms with E-state index in [2.05, 4.69) is 15.6 Å². The average Bonchev–Trinajstić information content (AvgIpc) is 3.32. The molecule has 1 unspecified atom stereocenters. The van der Waals surface area contributed by atoms with Gasteiger partial charge < -0.3 is 4.57 Å². The Morgan fingerprint density at radius 1 is 1.25 bits per heavy atom. The number of aryl methyl sites for hydroxylation is 2. The van der Waals surface area contributed by atoms with Gasteiger partial charge in [0.25, 0.3) is 0 Å². The number of nitrogens with one attached hydrogen (secondary N) is 1. The summed E-state index contributed by atoms with van der Waals surface area (Å²) in [4.78, 5) is 17.7. The minimum atomic E-state index is -0.560. The van der Waals surface area contributed by atoms with E-state index in [1.807, 2.05) is 50.4 Å². The zero-order chi connectivity index (χ0) is 20.0. The van der Waals surface area contributed by atoms with Crippen LogP contribution in [0.15, 0.2) is 40.7 Å². The summed E-state index contributed by atoms with van der Waals surface area (Å²) in [6.07, 6.45) is 3.57. The van der Waals surface area contributed by atoms with Gasteiger partial charge in [-0.1, -0.05) is 29.4 Å². The highest BCUT2D eigenvalue weighted by atomic mass is 35.5. The monoisotopic (exact) mass is 427 g/mol. The quantitative estimate of drug-likeness (QED) is 0.527. The minimum Gasteiger partial charge on any atom is -0.318 e. The van der Waals surface area contributed by atoms with Crippen molar-refractivity contribution in [2.75, 3.05) is 0 Å². The van der Waals surface area contributed by atoms with Crippen molar-refractivity contribution in [3.05, 3.63) is 73.3 Å². The van der Waals surface area contributed by atoms with E-state index >= 15 is 0 Å². The Kier molecular flexibility index (Phi) is 5.04. The average molecular weight is 428 g/mol. The van der Waals surface area contributed by atoms with E-state index in [1.165, 1.54) is 23.1 Å². The Morgan fingerprint density at radius 3 is 2.71 bits per heavy atom. The van der Waals surface area contributed by atoms with Crippen LogP contribution in [0.1, 0.15) is 33.4 Å². The first kappa shape index (κ1) is 19.2. The van der Waals surface area contributed by atoms with Crippen molar-refractivity contribution < 1.29 is 4.79 Å². The van der Waals surface area contributed by atoms with E-state index in [4.69, 9.17) is 17.0 Å². The van der Waals surface area contributed by atoms with Crippen molar-refractivity contribution in [2.24, 2.45) is 0 Å². The van der Waals surface area contributed by atoms with Crippen molar-refractivity contribution in [1.82, 2.24) is 9.55 Å². The molecule has 2 aromatic heterocycles. The van der Waals surface area contributed by atoms with Crippen LogP contribution in [-0.2, 0) is 4.79 Å². The first-order valence-corrected chi connectivity index (χ1v) is 10.8. The number of ketones is 1. The van der Waals surface area contributed by atoms with Crippen LogP contribution in [0.5, 0.6) is 0 Å². The molecule has 4 nitrogen and oxygen atoms in total. The second-order valence-electron chi connectivity index (χ2n) is 6.74. The molecule has 7 heteroatoms. The van der Waals surface area contributed by atoms with Gasteiger partial charge in [0.05, 0.1) is 9.95 Å². The lowest BCUT2D eigenvalue weighted by molar-refractivity contribution is -0.114. The third-order valence-corrected chi connectivity index (χ3v) is 7.10. The summed E-state index contributed by atoms with van der Waals surface area (Å²) in [5.41, 5.74) is 5.09. The number of thioether (sulfide) groups is 1. The van der Waals surface area contributed by atoms with Crippen LogP contribution in [0.25, 0.3) is 11.8 Å². The highest BCUT2D eigenvalue weighted by Gasteiger charge is 2.38. The zero-order valence-corrected chi connectivity index (χ0v) is 18.0. The third-order valence-electron chi connectivity index (χ3n) is 4.86. The highest BCUT2D eigenvalue weighted by Crippen LogP contribution is 2.41. The molecule has 1 aromatic carbocycles. The second-order valence-corrected chi connectivity index (χ2v) is 9.15. The minimum absolute atomic E-state index is 0.0480. The van der Waals surface area contributed by atoms with Gasteiger partial charge in [-0.15, -0.1) is 11.3 Å². The zero-order valence-electron chi connectivity index (χ0n) is 15.6.